The van der Waals surface area contributed by atoms with E-state index in [2.05, 4.69) is 0 Å². The topological polar surface area (TPSA) is 35.5 Å². The van der Waals surface area contributed by atoms with E-state index >= 15 is 0 Å². The van der Waals surface area contributed by atoms with Crippen LogP contribution in [0.25, 0.3) is 0 Å². The van der Waals surface area contributed by atoms with Gasteiger partial charge in [0.1, 0.15) is 11.6 Å². The summed E-state index contributed by atoms with van der Waals surface area (Å²) in [5.74, 6) is -0.328. The SMILES string of the molecule is CCC(OC)c1ccc(F)c(C=O)c1OC. The Morgan fingerprint density at radius 3 is 2.56 bits per heavy atom. The zero-order valence-corrected chi connectivity index (χ0v) is 9.62. The molecule has 3 nitrogen and oxygen atoms in total. The average Bonchev–Trinajstić information content (AvgIpc) is 2.31. The van der Waals surface area contributed by atoms with E-state index in [1.807, 2.05) is 6.92 Å². The Morgan fingerprint density at radius 1 is 1.44 bits per heavy atom. The Labute approximate surface area is 94.2 Å². The number of benzene rings is 1. The van der Waals surface area contributed by atoms with Gasteiger partial charge >= 0.3 is 0 Å². The van der Waals surface area contributed by atoms with Crippen molar-refractivity contribution in [1.29, 1.82) is 0 Å². The first-order valence-electron chi connectivity index (χ1n) is 5.03. The highest BCUT2D eigenvalue weighted by Gasteiger charge is 2.19. The number of aldehydes is 1. The van der Waals surface area contributed by atoms with Crippen LogP contribution in [0, 0.1) is 5.82 Å². The Hall–Kier alpha value is -1.42. The summed E-state index contributed by atoms with van der Waals surface area (Å²) >= 11 is 0. The summed E-state index contributed by atoms with van der Waals surface area (Å²) in [6, 6.07) is 2.84. The van der Waals surface area contributed by atoms with Crippen LogP contribution in [0.15, 0.2) is 12.1 Å². The lowest BCUT2D eigenvalue weighted by Crippen LogP contribution is -2.06. The van der Waals surface area contributed by atoms with Crippen molar-refractivity contribution >= 4 is 6.29 Å². The van der Waals surface area contributed by atoms with E-state index in [9.17, 15) is 9.18 Å². The van der Waals surface area contributed by atoms with Gasteiger partial charge in [-0.25, -0.2) is 4.39 Å². The molecule has 0 N–H and O–H groups in total. The zero-order chi connectivity index (χ0) is 12.1. The average molecular weight is 226 g/mol. The van der Waals surface area contributed by atoms with Crippen LogP contribution in [0.3, 0.4) is 0 Å². The van der Waals surface area contributed by atoms with Crippen molar-refractivity contribution in [2.45, 2.75) is 19.4 Å². The van der Waals surface area contributed by atoms with E-state index in [0.717, 1.165) is 6.42 Å². The van der Waals surface area contributed by atoms with E-state index < -0.39 is 5.82 Å². The van der Waals surface area contributed by atoms with Crippen molar-refractivity contribution in [2.24, 2.45) is 0 Å². The molecule has 0 spiro atoms. The van der Waals surface area contributed by atoms with E-state index in [0.29, 0.717) is 11.8 Å². The smallest absolute Gasteiger partial charge is 0.156 e. The third-order valence-corrected chi connectivity index (χ3v) is 2.50. The summed E-state index contributed by atoms with van der Waals surface area (Å²) in [6.07, 6.45) is 0.978. The summed E-state index contributed by atoms with van der Waals surface area (Å²) in [4.78, 5) is 10.8. The molecule has 0 saturated heterocycles. The quantitative estimate of drug-likeness (QED) is 0.724. The predicted octanol–water partition coefficient (Wildman–Crippen LogP) is 2.74. The first kappa shape index (κ1) is 12.6. The van der Waals surface area contributed by atoms with Crippen molar-refractivity contribution < 1.29 is 18.7 Å². The van der Waals surface area contributed by atoms with Gasteiger partial charge < -0.3 is 9.47 Å². The fourth-order valence-electron chi connectivity index (χ4n) is 1.70. The van der Waals surface area contributed by atoms with E-state index in [1.54, 1.807) is 13.2 Å². The van der Waals surface area contributed by atoms with Gasteiger partial charge in [0.05, 0.1) is 18.8 Å². The van der Waals surface area contributed by atoms with Crippen molar-refractivity contribution in [3.8, 4) is 5.75 Å². The van der Waals surface area contributed by atoms with Crippen molar-refractivity contribution in [3.63, 3.8) is 0 Å². The van der Waals surface area contributed by atoms with Crippen LogP contribution in [0.2, 0.25) is 0 Å². The van der Waals surface area contributed by atoms with Crippen molar-refractivity contribution in [1.82, 2.24) is 0 Å². The van der Waals surface area contributed by atoms with Crippen molar-refractivity contribution in [3.05, 3.63) is 29.1 Å². The zero-order valence-electron chi connectivity index (χ0n) is 9.62. The monoisotopic (exact) mass is 226 g/mol. The molecular formula is C12H15FO3. The number of rotatable bonds is 5. The molecule has 0 saturated carbocycles. The predicted molar refractivity (Wildman–Crippen MR) is 58.4 cm³/mol. The van der Waals surface area contributed by atoms with Gasteiger partial charge in [-0.2, -0.15) is 0 Å². The summed E-state index contributed by atoms with van der Waals surface area (Å²) < 4.78 is 23.7. The normalized spacial score (nSPS) is 12.2. The number of carbonyl (C=O) groups is 1. The van der Waals surface area contributed by atoms with Gasteiger partial charge in [-0.1, -0.05) is 6.92 Å². The third-order valence-electron chi connectivity index (χ3n) is 2.50. The molecule has 88 valence electrons. The largest absolute Gasteiger partial charge is 0.496 e. The molecular weight excluding hydrogens is 211 g/mol. The highest BCUT2D eigenvalue weighted by atomic mass is 19.1. The molecule has 1 rings (SSSR count). The molecule has 1 unspecified atom stereocenters. The number of hydrogen-bond donors (Lipinski definition) is 0. The van der Waals surface area contributed by atoms with Crippen LogP contribution in [-0.2, 0) is 4.74 Å². The van der Waals surface area contributed by atoms with Gasteiger partial charge in [-0.05, 0) is 18.6 Å². The van der Waals surface area contributed by atoms with Gasteiger partial charge in [0, 0.05) is 12.7 Å². The Balaban J connectivity index is 3.34. The molecule has 0 aliphatic heterocycles. The fraction of sp³-hybridized carbons (Fsp3) is 0.417. The highest BCUT2D eigenvalue weighted by Crippen LogP contribution is 2.33. The third kappa shape index (κ3) is 2.22. The number of halogens is 1. The fourth-order valence-corrected chi connectivity index (χ4v) is 1.70. The first-order chi connectivity index (χ1) is 7.69. The Kier molecular flexibility index (Phi) is 4.43. The molecule has 0 radical (unpaired) electrons. The minimum atomic E-state index is -0.582. The van der Waals surface area contributed by atoms with Gasteiger partial charge in [0.2, 0.25) is 0 Å². The molecule has 0 bridgehead atoms. The summed E-state index contributed by atoms with van der Waals surface area (Å²) in [5, 5.41) is 0. The van der Waals surface area contributed by atoms with Crippen LogP contribution in [0.1, 0.15) is 35.4 Å². The number of methoxy groups -OCH3 is 2. The maximum Gasteiger partial charge on any atom is 0.156 e. The molecule has 1 aromatic carbocycles. The van der Waals surface area contributed by atoms with E-state index in [1.165, 1.54) is 13.2 Å². The number of carbonyl (C=O) groups excluding carboxylic acids is 1. The first-order valence-corrected chi connectivity index (χ1v) is 5.03. The lowest BCUT2D eigenvalue weighted by Gasteiger charge is -2.18. The minimum Gasteiger partial charge on any atom is -0.496 e. The number of hydrogen-bond acceptors (Lipinski definition) is 3. The van der Waals surface area contributed by atoms with Gasteiger partial charge in [-0.15, -0.1) is 0 Å². The summed E-state index contributed by atoms with van der Waals surface area (Å²) in [6.45, 7) is 1.94. The maximum absolute atomic E-state index is 13.3. The van der Waals surface area contributed by atoms with Gasteiger partial charge in [-0.3, -0.25) is 4.79 Å². The summed E-state index contributed by atoms with van der Waals surface area (Å²) in [7, 11) is 2.98. The van der Waals surface area contributed by atoms with Gasteiger partial charge in [0.25, 0.3) is 0 Å². The van der Waals surface area contributed by atoms with Crippen molar-refractivity contribution in [2.75, 3.05) is 14.2 Å². The van der Waals surface area contributed by atoms with E-state index in [-0.39, 0.29) is 17.4 Å². The standard InChI is InChI=1S/C12H15FO3/c1-4-11(15-2)8-5-6-10(13)9(7-14)12(8)16-3/h5-7,11H,4H2,1-3H3. The van der Waals surface area contributed by atoms with Crippen LogP contribution >= 0.6 is 0 Å². The second-order valence-electron chi connectivity index (χ2n) is 3.33. The maximum atomic E-state index is 13.3. The summed E-state index contributed by atoms with van der Waals surface area (Å²) in [5.41, 5.74) is 0.631. The molecule has 0 heterocycles. The Morgan fingerprint density at radius 2 is 2.12 bits per heavy atom. The molecule has 0 fully saturated rings. The Bertz CT molecular complexity index is 373. The molecule has 1 atom stereocenters. The van der Waals surface area contributed by atoms with Crippen LogP contribution in [-0.4, -0.2) is 20.5 Å². The van der Waals surface area contributed by atoms with Gasteiger partial charge in [0.15, 0.2) is 6.29 Å². The molecule has 0 amide bonds. The molecule has 1 aromatic rings. The number of ether oxygens (including phenoxy) is 2. The lowest BCUT2D eigenvalue weighted by molar-refractivity contribution is 0.0970. The molecule has 0 aliphatic carbocycles. The minimum absolute atomic E-state index is 0.0597. The second kappa shape index (κ2) is 5.61. The molecule has 0 aliphatic rings. The van der Waals surface area contributed by atoms with Crippen LogP contribution in [0.4, 0.5) is 4.39 Å². The van der Waals surface area contributed by atoms with E-state index in [4.69, 9.17) is 9.47 Å². The second-order valence-corrected chi connectivity index (χ2v) is 3.33. The molecule has 0 aromatic heterocycles. The molecule has 16 heavy (non-hydrogen) atoms. The lowest BCUT2D eigenvalue weighted by atomic mass is 10.0. The van der Waals surface area contributed by atoms with Crippen LogP contribution < -0.4 is 4.74 Å². The highest BCUT2D eigenvalue weighted by molar-refractivity contribution is 5.80. The van der Waals surface area contributed by atoms with Crippen LogP contribution in [0.5, 0.6) is 5.75 Å². The molecule has 4 heteroatoms.